The maximum absolute atomic E-state index is 12.8. The number of amides is 1. The quantitative estimate of drug-likeness (QED) is 0.888. The number of H-pyrrole nitrogens is 1. The molecule has 0 bridgehead atoms. The van der Waals surface area contributed by atoms with Gasteiger partial charge >= 0.3 is 0 Å². The summed E-state index contributed by atoms with van der Waals surface area (Å²) in [5, 5.41) is 0. The lowest BCUT2D eigenvalue weighted by atomic mass is 9.99. The van der Waals surface area contributed by atoms with Crippen LogP contribution in [0.15, 0.2) is 4.79 Å². The summed E-state index contributed by atoms with van der Waals surface area (Å²) in [5.41, 5.74) is 1.84. The second kappa shape index (κ2) is 7.04. The second-order valence-corrected chi connectivity index (χ2v) is 8.85. The van der Waals surface area contributed by atoms with Gasteiger partial charge in [0.05, 0.1) is 11.7 Å². The third-order valence-corrected chi connectivity index (χ3v) is 6.99. The molecule has 27 heavy (non-hydrogen) atoms. The smallest absolute Gasteiger partial charge is 0.254 e. The van der Waals surface area contributed by atoms with E-state index in [1.807, 2.05) is 4.90 Å². The highest BCUT2D eigenvalue weighted by atomic mass is 16.2. The highest BCUT2D eigenvalue weighted by molar-refractivity contribution is 5.81. The molecule has 0 radical (unpaired) electrons. The van der Waals surface area contributed by atoms with Crippen molar-refractivity contribution < 1.29 is 4.79 Å². The van der Waals surface area contributed by atoms with Gasteiger partial charge < -0.3 is 9.88 Å². The van der Waals surface area contributed by atoms with Crippen LogP contribution in [0.1, 0.15) is 80.9 Å². The van der Waals surface area contributed by atoms with Crippen LogP contribution in [0.5, 0.6) is 0 Å². The largest absolute Gasteiger partial charge is 0.332 e. The standard InChI is InChI=1S/C21H30N4O2/c26-20-16-10-12-24(15-5-1-2-6-15)13-17(16)22-19(23-20)18-7-3-4-11-25(18)21(27)14-8-9-14/h14-15,18H,1-13H2,(H,22,23,26)/t18-/m1/s1. The number of nitrogens with one attached hydrogen (secondary N) is 1. The van der Waals surface area contributed by atoms with Gasteiger partial charge in [0, 0.05) is 37.2 Å². The normalized spacial score (nSPS) is 27.0. The Bertz CT molecular complexity index is 779. The molecule has 2 aliphatic carbocycles. The SMILES string of the molecule is O=C(C1CC1)N1CCCC[C@@H]1c1nc2c(c(=O)[nH]1)CCN(C1CCCC1)C2. The number of rotatable bonds is 3. The van der Waals surface area contributed by atoms with Crippen LogP contribution in [0.3, 0.4) is 0 Å². The summed E-state index contributed by atoms with van der Waals surface area (Å²) in [6.07, 6.45) is 11.1. The lowest BCUT2D eigenvalue weighted by molar-refractivity contribution is -0.136. The van der Waals surface area contributed by atoms with Crippen LogP contribution in [0.4, 0.5) is 0 Å². The third kappa shape index (κ3) is 3.33. The Morgan fingerprint density at radius 1 is 1.00 bits per heavy atom. The molecule has 1 atom stereocenters. The van der Waals surface area contributed by atoms with Crippen LogP contribution in [0, 0.1) is 5.92 Å². The Morgan fingerprint density at radius 3 is 2.56 bits per heavy atom. The number of aromatic nitrogens is 2. The molecule has 5 rings (SSSR count). The first kappa shape index (κ1) is 17.4. The molecule has 0 spiro atoms. The summed E-state index contributed by atoms with van der Waals surface area (Å²) in [6.45, 7) is 2.56. The van der Waals surface area contributed by atoms with E-state index in [1.165, 1.54) is 25.7 Å². The van der Waals surface area contributed by atoms with Gasteiger partial charge in [-0.25, -0.2) is 4.98 Å². The van der Waals surface area contributed by atoms with Crippen molar-refractivity contribution in [1.29, 1.82) is 0 Å². The van der Waals surface area contributed by atoms with Crippen LogP contribution in [0.25, 0.3) is 0 Å². The molecule has 3 heterocycles. The average molecular weight is 370 g/mol. The van der Waals surface area contributed by atoms with Crippen LogP contribution < -0.4 is 5.56 Å². The van der Waals surface area contributed by atoms with Gasteiger partial charge in [-0.2, -0.15) is 0 Å². The first-order valence-corrected chi connectivity index (χ1v) is 10.9. The fourth-order valence-electron chi connectivity index (χ4n) is 5.26. The molecule has 0 aromatic carbocycles. The molecule has 2 saturated carbocycles. The van der Waals surface area contributed by atoms with Crippen LogP contribution in [0.2, 0.25) is 0 Å². The summed E-state index contributed by atoms with van der Waals surface area (Å²) < 4.78 is 0. The molecule has 6 nitrogen and oxygen atoms in total. The number of piperidine rings is 1. The zero-order valence-electron chi connectivity index (χ0n) is 16.1. The van der Waals surface area contributed by atoms with E-state index in [2.05, 4.69) is 9.88 Å². The second-order valence-electron chi connectivity index (χ2n) is 8.85. The molecular weight excluding hydrogens is 340 g/mol. The van der Waals surface area contributed by atoms with Gasteiger partial charge in [-0.3, -0.25) is 14.5 Å². The van der Waals surface area contributed by atoms with Gasteiger partial charge in [-0.05, 0) is 51.4 Å². The number of likely N-dealkylation sites (tertiary alicyclic amines) is 1. The minimum absolute atomic E-state index is 0.0190. The fraction of sp³-hybridized carbons (Fsp3) is 0.762. The van der Waals surface area contributed by atoms with E-state index in [0.717, 1.165) is 75.2 Å². The van der Waals surface area contributed by atoms with Crippen LogP contribution in [-0.2, 0) is 17.8 Å². The zero-order valence-corrected chi connectivity index (χ0v) is 16.1. The summed E-state index contributed by atoms with van der Waals surface area (Å²) in [7, 11) is 0. The molecule has 1 aromatic rings. The Kier molecular flexibility index (Phi) is 4.54. The zero-order chi connectivity index (χ0) is 18.4. The van der Waals surface area contributed by atoms with Crippen LogP contribution in [-0.4, -0.2) is 44.8 Å². The van der Waals surface area contributed by atoms with Gasteiger partial charge in [-0.1, -0.05) is 12.8 Å². The molecule has 1 N–H and O–H groups in total. The van der Waals surface area contributed by atoms with Crippen molar-refractivity contribution in [3.8, 4) is 0 Å². The molecule has 1 amide bonds. The summed E-state index contributed by atoms with van der Waals surface area (Å²) in [5.74, 6) is 1.21. The molecule has 0 unspecified atom stereocenters. The Morgan fingerprint density at radius 2 is 1.78 bits per heavy atom. The Hall–Kier alpha value is -1.69. The summed E-state index contributed by atoms with van der Waals surface area (Å²) in [6, 6.07) is 0.608. The first-order chi connectivity index (χ1) is 13.2. The number of carbonyl (C=O) groups is 1. The predicted molar refractivity (Wildman–Crippen MR) is 102 cm³/mol. The van der Waals surface area contributed by atoms with E-state index in [0.29, 0.717) is 6.04 Å². The number of fused-ring (bicyclic) bond motifs is 1. The van der Waals surface area contributed by atoms with Crippen molar-refractivity contribution in [2.24, 2.45) is 5.92 Å². The Labute approximate surface area is 160 Å². The van der Waals surface area contributed by atoms with Crippen molar-refractivity contribution in [3.05, 3.63) is 27.4 Å². The monoisotopic (exact) mass is 370 g/mol. The van der Waals surface area contributed by atoms with E-state index in [1.54, 1.807) is 0 Å². The molecular formula is C21H30N4O2. The third-order valence-electron chi connectivity index (χ3n) is 6.99. The van der Waals surface area contributed by atoms with E-state index in [4.69, 9.17) is 4.98 Å². The van der Waals surface area contributed by atoms with Gasteiger partial charge in [0.25, 0.3) is 5.56 Å². The van der Waals surface area contributed by atoms with Crippen molar-refractivity contribution in [2.75, 3.05) is 13.1 Å². The highest BCUT2D eigenvalue weighted by Crippen LogP contribution is 2.37. The van der Waals surface area contributed by atoms with Crippen molar-refractivity contribution in [3.63, 3.8) is 0 Å². The van der Waals surface area contributed by atoms with E-state index in [9.17, 15) is 9.59 Å². The fourth-order valence-corrected chi connectivity index (χ4v) is 5.26. The highest BCUT2D eigenvalue weighted by Gasteiger charge is 2.39. The molecule has 4 aliphatic rings. The Balaban J connectivity index is 1.43. The topological polar surface area (TPSA) is 69.3 Å². The number of aromatic amines is 1. The molecule has 146 valence electrons. The lowest BCUT2D eigenvalue weighted by Crippen LogP contribution is -2.43. The van der Waals surface area contributed by atoms with Crippen molar-refractivity contribution in [1.82, 2.24) is 19.8 Å². The summed E-state index contributed by atoms with van der Waals surface area (Å²) >= 11 is 0. The van der Waals surface area contributed by atoms with E-state index in [-0.39, 0.29) is 23.4 Å². The summed E-state index contributed by atoms with van der Waals surface area (Å²) in [4.78, 5) is 38.0. The van der Waals surface area contributed by atoms with Crippen molar-refractivity contribution in [2.45, 2.75) is 82.8 Å². The number of hydrogen-bond acceptors (Lipinski definition) is 4. The molecule has 1 aromatic heterocycles. The maximum atomic E-state index is 12.8. The number of hydrogen-bond donors (Lipinski definition) is 1. The minimum atomic E-state index is -0.0493. The molecule has 1 saturated heterocycles. The first-order valence-electron chi connectivity index (χ1n) is 10.9. The molecule has 3 fully saturated rings. The van der Waals surface area contributed by atoms with Gasteiger partial charge in [0.15, 0.2) is 0 Å². The van der Waals surface area contributed by atoms with E-state index >= 15 is 0 Å². The predicted octanol–water partition coefficient (Wildman–Crippen LogP) is 2.53. The maximum Gasteiger partial charge on any atom is 0.254 e. The van der Waals surface area contributed by atoms with Crippen molar-refractivity contribution >= 4 is 5.91 Å². The minimum Gasteiger partial charge on any atom is -0.332 e. The molecule has 2 aliphatic heterocycles. The number of nitrogens with zero attached hydrogens (tertiary/aromatic N) is 3. The molecule has 6 heteroatoms. The van der Waals surface area contributed by atoms with Gasteiger partial charge in [0.2, 0.25) is 5.91 Å². The number of carbonyl (C=O) groups excluding carboxylic acids is 1. The van der Waals surface area contributed by atoms with E-state index < -0.39 is 0 Å². The average Bonchev–Trinajstić information content (AvgIpc) is 3.40. The lowest BCUT2D eigenvalue weighted by Gasteiger charge is -2.36. The van der Waals surface area contributed by atoms with Gasteiger partial charge in [-0.15, -0.1) is 0 Å². The van der Waals surface area contributed by atoms with Gasteiger partial charge in [0.1, 0.15) is 5.82 Å². The van der Waals surface area contributed by atoms with Crippen LogP contribution >= 0.6 is 0 Å².